The van der Waals surface area contributed by atoms with Gasteiger partial charge in [-0.2, -0.15) is 0 Å². The van der Waals surface area contributed by atoms with E-state index < -0.39 is 0 Å². The van der Waals surface area contributed by atoms with Crippen molar-refractivity contribution in [2.24, 2.45) is 17.3 Å². The monoisotopic (exact) mass is 310 g/mol. The zero-order valence-electron chi connectivity index (χ0n) is 16.8. The first-order chi connectivity index (χ1) is 10.3. The average Bonchev–Trinajstić information content (AvgIpc) is 2.37. The van der Waals surface area contributed by atoms with Gasteiger partial charge in [-0.15, -0.1) is 0 Å². The molecule has 0 fully saturated rings. The van der Waals surface area contributed by atoms with Crippen molar-refractivity contribution in [1.82, 2.24) is 0 Å². The smallest absolute Gasteiger partial charge is 0.0380 e. The third-order valence-corrected chi connectivity index (χ3v) is 4.69. The summed E-state index contributed by atoms with van der Waals surface area (Å²) in [6.45, 7) is 14.2. The van der Waals surface area contributed by atoms with Gasteiger partial charge in [0.1, 0.15) is 0 Å². The average molecular weight is 311 g/mol. The van der Waals surface area contributed by atoms with Gasteiger partial charge < -0.3 is 0 Å². The van der Waals surface area contributed by atoms with Gasteiger partial charge in [0.05, 0.1) is 0 Å². The van der Waals surface area contributed by atoms with Crippen LogP contribution in [0.4, 0.5) is 0 Å². The van der Waals surface area contributed by atoms with E-state index in [-0.39, 0.29) is 0 Å². The fraction of sp³-hybridized carbons (Fsp3) is 1.00. The van der Waals surface area contributed by atoms with Crippen molar-refractivity contribution in [3.05, 3.63) is 0 Å². The Morgan fingerprint density at radius 1 is 0.545 bits per heavy atom. The lowest BCUT2D eigenvalue weighted by Gasteiger charge is -2.23. The largest absolute Gasteiger partial charge is 0.0628 e. The van der Waals surface area contributed by atoms with E-state index in [4.69, 9.17) is 0 Å². The van der Waals surface area contributed by atoms with Gasteiger partial charge in [-0.3, -0.25) is 0 Å². The molecule has 0 aliphatic rings. The van der Waals surface area contributed by atoms with Gasteiger partial charge in [0.2, 0.25) is 0 Å². The van der Waals surface area contributed by atoms with Crippen LogP contribution in [0.2, 0.25) is 0 Å². The second-order valence-corrected chi connectivity index (χ2v) is 9.38. The van der Waals surface area contributed by atoms with Crippen LogP contribution < -0.4 is 0 Å². The molecule has 0 aliphatic carbocycles. The van der Waals surface area contributed by atoms with Gasteiger partial charge >= 0.3 is 0 Å². The summed E-state index contributed by atoms with van der Waals surface area (Å²) in [5, 5.41) is 0. The second kappa shape index (κ2) is 13.4. The van der Waals surface area contributed by atoms with Gasteiger partial charge in [0.25, 0.3) is 0 Å². The summed E-state index contributed by atoms with van der Waals surface area (Å²) in [4.78, 5) is 0. The Morgan fingerprint density at radius 2 is 0.909 bits per heavy atom. The SMILES string of the molecule is CC(C)CCCCCCCCCCCCC(C)CC(C)(C)C. The Labute approximate surface area is 142 Å². The van der Waals surface area contributed by atoms with Crippen LogP contribution in [0, 0.1) is 17.3 Å². The van der Waals surface area contributed by atoms with E-state index in [0.29, 0.717) is 5.41 Å². The van der Waals surface area contributed by atoms with Crippen molar-refractivity contribution in [2.45, 2.75) is 125 Å². The van der Waals surface area contributed by atoms with Crippen LogP contribution in [0.3, 0.4) is 0 Å². The molecule has 1 unspecified atom stereocenters. The highest BCUT2D eigenvalue weighted by Crippen LogP contribution is 2.27. The molecule has 0 bridgehead atoms. The highest BCUT2D eigenvalue weighted by molar-refractivity contribution is 4.66. The third kappa shape index (κ3) is 18.1. The summed E-state index contributed by atoms with van der Waals surface area (Å²) < 4.78 is 0. The highest BCUT2D eigenvalue weighted by Gasteiger charge is 2.14. The molecule has 134 valence electrons. The van der Waals surface area contributed by atoms with E-state index in [2.05, 4.69) is 41.5 Å². The molecule has 0 N–H and O–H groups in total. The van der Waals surface area contributed by atoms with Crippen LogP contribution in [-0.2, 0) is 0 Å². The Balaban J connectivity index is 3.17. The van der Waals surface area contributed by atoms with E-state index in [1.165, 1.54) is 83.5 Å². The number of unbranched alkanes of at least 4 members (excludes halogenated alkanes) is 9. The zero-order valence-corrected chi connectivity index (χ0v) is 16.8. The van der Waals surface area contributed by atoms with E-state index in [9.17, 15) is 0 Å². The maximum Gasteiger partial charge on any atom is -0.0380 e. The predicted octanol–water partition coefficient (Wildman–Crippen LogP) is 8.40. The molecular weight excluding hydrogens is 264 g/mol. The Morgan fingerprint density at radius 3 is 1.27 bits per heavy atom. The maximum absolute atomic E-state index is 2.44. The van der Waals surface area contributed by atoms with Crippen LogP contribution in [0.25, 0.3) is 0 Å². The van der Waals surface area contributed by atoms with Gasteiger partial charge in [-0.05, 0) is 23.7 Å². The fourth-order valence-electron chi connectivity index (χ4n) is 3.61. The van der Waals surface area contributed by atoms with Gasteiger partial charge in [-0.25, -0.2) is 0 Å². The predicted molar refractivity (Wildman–Crippen MR) is 103 cm³/mol. The lowest BCUT2D eigenvalue weighted by Crippen LogP contribution is -2.10. The first kappa shape index (κ1) is 22.0. The molecule has 0 saturated carbocycles. The van der Waals surface area contributed by atoms with Crippen LogP contribution in [0.5, 0.6) is 0 Å². The van der Waals surface area contributed by atoms with Crippen LogP contribution >= 0.6 is 0 Å². The van der Waals surface area contributed by atoms with E-state index in [1.807, 2.05) is 0 Å². The second-order valence-electron chi connectivity index (χ2n) is 9.38. The summed E-state index contributed by atoms with van der Waals surface area (Å²) in [5.74, 6) is 1.80. The molecule has 0 nitrogen and oxygen atoms in total. The number of rotatable bonds is 14. The molecule has 0 rings (SSSR count). The first-order valence-electron chi connectivity index (χ1n) is 10.3. The standard InChI is InChI=1S/C22H46/c1-20(2)17-15-13-11-9-7-8-10-12-14-16-18-21(3)19-22(4,5)6/h20-21H,7-19H2,1-6H3. The molecular formula is C22H46. The molecule has 0 heteroatoms. The lowest BCUT2D eigenvalue weighted by molar-refractivity contribution is 0.291. The molecule has 0 aliphatic heterocycles. The van der Waals surface area contributed by atoms with Gasteiger partial charge in [0.15, 0.2) is 0 Å². The Hall–Kier alpha value is 0. The maximum atomic E-state index is 2.44. The van der Waals surface area contributed by atoms with Crippen molar-refractivity contribution in [1.29, 1.82) is 0 Å². The molecule has 0 aromatic heterocycles. The first-order valence-corrected chi connectivity index (χ1v) is 10.3. The normalized spacial score (nSPS) is 13.8. The van der Waals surface area contributed by atoms with Crippen molar-refractivity contribution in [2.75, 3.05) is 0 Å². The molecule has 0 amide bonds. The fourth-order valence-corrected chi connectivity index (χ4v) is 3.61. The van der Waals surface area contributed by atoms with E-state index in [1.54, 1.807) is 0 Å². The number of hydrogen-bond donors (Lipinski definition) is 0. The van der Waals surface area contributed by atoms with Crippen molar-refractivity contribution < 1.29 is 0 Å². The van der Waals surface area contributed by atoms with Crippen LogP contribution in [0.1, 0.15) is 125 Å². The summed E-state index contributed by atoms with van der Waals surface area (Å²) in [6.07, 6.45) is 18.9. The Bertz CT molecular complexity index is 221. The minimum atomic E-state index is 0.509. The zero-order chi connectivity index (χ0) is 16.8. The molecule has 1 atom stereocenters. The summed E-state index contributed by atoms with van der Waals surface area (Å²) in [6, 6.07) is 0. The van der Waals surface area contributed by atoms with Gasteiger partial charge in [0, 0.05) is 0 Å². The minimum absolute atomic E-state index is 0.509. The summed E-state index contributed by atoms with van der Waals surface area (Å²) in [7, 11) is 0. The van der Waals surface area contributed by atoms with Crippen molar-refractivity contribution in [3.63, 3.8) is 0 Å². The molecule has 0 aromatic carbocycles. The van der Waals surface area contributed by atoms with Crippen molar-refractivity contribution in [3.8, 4) is 0 Å². The number of hydrogen-bond acceptors (Lipinski definition) is 0. The minimum Gasteiger partial charge on any atom is -0.0628 e. The molecule has 0 saturated heterocycles. The third-order valence-electron chi connectivity index (χ3n) is 4.69. The summed E-state index contributed by atoms with van der Waals surface area (Å²) >= 11 is 0. The van der Waals surface area contributed by atoms with Crippen LogP contribution in [-0.4, -0.2) is 0 Å². The lowest BCUT2D eigenvalue weighted by atomic mass is 9.83. The topological polar surface area (TPSA) is 0 Å². The molecule has 0 radical (unpaired) electrons. The molecule has 0 heterocycles. The van der Waals surface area contributed by atoms with Gasteiger partial charge in [-0.1, -0.05) is 119 Å². The molecule has 0 spiro atoms. The Kier molecular flexibility index (Phi) is 13.4. The molecule has 0 aromatic rings. The molecule has 22 heavy (non-hydrogen) atoms. The summed E-state index contributed by atoms with van der Waals surface area (Å²) in [5.41, 5.74) is 0.509. The van der Waals surface area contributed by atoms with E-state index in [0.717, 1.165) is 11.8 Å². The highest BCUT2D eigenvalue weighted by atomic mass is 14.2. The van der Waals surface area contributed by atoms with E-state index >= 15 is 0 Å². The van der Waals surface area contributed by atoms with Crippen LogP contribution in [0.15, 0.2) is 0 Å². The van der Waals surface area contributed by atoms with Crippen molar-refractivity contribution >= 4 is 0 Å². The quantitative estimate of drug-likeness (QED) is 0.282.